The van der Waals surface area contributed by atoms with Crippen molar-refractivity contribution in [2.24, 2.45) is 0 Å². The lowest BCUT2D eigenvalue weighted by Gasteiger charge is -2.09. The van der Waals surface area contributed by atoms with Crippen LogP contribution in [-0.4, -0.2) is 25.3 Å². The van der Waals surface area contributed by atoms with Gasteiger partial charge in [-0.15, -0.1) is 0 Å². The first kappa shape index (κ1) is 16.7. The zero-order chi connectivity index (χ0) is 15.8. The highest BCUT2D eigenvalue weighted by Gasteiger charge is 2.12. The van der Waals surface area contributed by atoms with Crippen molar-refractivity contribution in [1.82, 2.24) is 5.32 Å². The predicted octanol–water partition coefficient (Wildman–Crippen LogP) is 4.01. The maximum absolute atomic E-state index is 12.2. The molecule has 0 unspecified atom stereocenters. The molecule has 2 aromatic rings. The summed E-state index contributed by atoms with van der Waals surface area (Å²) in [4.78, 5) is 12.2. The molecule has 0 aliphatic heterocycles. The topological polar surface area (TPSA) is 38.3 Å². The van der Waals surface area contributed by atoms with Crippen LogP contribution in [0, 0.1) is 0 Å². The highest BCUT2D eigenvalue weighted by Crippen LogP contribution is 2.22. The van der Waals surface area contributed by atoms with Gasteiger partial charge < -0.3 is 10.1 Å². The molecule has 0 atom stereocenters. The molecular weight excluding hydrogens is 318 g/mol. The van der Waals surface area contributed by atoms with E-state index in [1.54, 1.807) is 30.0 Å². The molecule has 2 aromatic carbocycles. The van der Waals surface area contributed by atoms with Crippen LogP contribution in [0.25, 0.3) is 0 Å². The average Bonchev–Trinajstić information content (AvgIpc) is 2.55. The second-order valence-electron chi connectivity index (χ2n) is 4.64. The predicted molar refractivity (Wildman–Crippen MR) is 92.9 cm³/mol. The zero-order valence-electron chi connectivity index (χ0n) is 12.3. The first-order valence-corrected chi connectivity index (χ1v) is 8.47. The summed E-state index contributed by atoms with van der Waals surface area (Å²) in [6.07, 6.45) is 0. The van der Waals surface area contributed by atoms with Gasteiger partial charge in [0.05, 0.1) is 12.7 Å². The van der Waals surface area contributed by atoms with E-state index in [9.17, 15) is 4.79 Å². The molecule has 0 bridgehead atoms. The lowest BCUT2D eigenvalue weighted by atomic mass is 10.2. The van der Waals surface area contributed by atoms with Crippen LogP contribution >= 0.6 is 23.4 Å². The molecule has 3 nitrogen and oxygen atoms in total. The molecule has 2 rings (SSSR count). The Kier molecular flexibility index (Phi) is 6.62. The van der Waals surface area contributed by atoms with Crippen molar-refractivity contribution in [3.63, 3.8) is 0 Å². The summed E-state index contributed by atoms with van der Waals surface area (Å²) < 4.78 is 5.18. The van der Waals surface area contributed by atoms with Crippen molar-refractivity contribution in [3.8, 4) is 5.75 Å². The fourth-order valence-corrected chi connectivity index (χ4v) is 2.94. The lowest BCUT2D eigenvalue weighted by Crippen LogP contribution is -2.26. The number of ether oxygens (including phenoxy) is 1. The second-order valence-corrected chi connectivity index (χ2v) is 6.18. The second kappa shape index (κ2) is 8.71. The van der Waals surface area contributed by atoms with E-state index < -0.39 is 0 Å². The minimum atomic E-state index is -0.167. The Morgan fingerprint density at radius 3 is 2.73 bits per heavy atom. The SMILES string of the molecule is COc1ccc(Cl)cc1C(=O)NCCSCc1ccccc1. The van der Waals surface area contributed by atoms with Crippen molar-refractivity contribution < 1.29 is 9.53 Å². The Balaban J connectivity index is 1.77. The normalized spacial score (nSPS) is 10.3. The summed E-state index contributed by atoms with van der Waals surface area (Å²) in [5, 5.41) is 3.41. The number of thioether (sulfide) groups is 1. The van der Waals surface area contributed by atoms with Crippen LogP contribution in [0.15, 0.2) is 48.5 Å². The number of hydrogen-bond donors (Lipinski definition) is 1. The molecule has 0 fully saturated rings. The van der Waals surface area contributed by atoms with Crippen LogP contribution in [0.5, 0.6) is 5.75 Å². The van der Waals surface area contributed by atoms with Crippen molar-refractivity contribution in [2.75, 3.05) is 19.4 Å². The first-order valence-electron chi connectivity index (χ1n) is 6.94. The Hall–Kier alpha value is -1.65. The monoisotopic (exact) mass is 335 g/mol. The maximum Gasteiger partial charge on any atom is 0.255 e. The Morgan fingerprint density at radius 1 is 1.23 bits per heavy atom. The van der Waals surface area contributed by atoms with Crippen molar-refractivity contribution in [3.05, 3.63) is 64.7 Å². The van der Waals surface area contributed by atoms with Crippen LogP contribution in [0.3, 0.4) is 0 Å². The number of methoxy groups -OCH3 is 1. The van der Waals surface area contributed by atoms with Gasteiger partial charge in [0.1, 0.15) is 5.75 Å². The molecule has 0 heterocycles. The molecule has 0 aliphatic rings. The molecule has 1 amide bonds. The summed E-state index contributed by atoms with van der Waals surface area (Å²) in [6.45, 7) is 0.603. The van der Waals surface area contributed by atoms with Crippen LogP contribution in [0.1, 0.15) is 15.9 Å². The van der Waals surface area contributed by atoms with Gasteiger partial charge in [-0.05, 0) is 23.8 Å². The fourth-order valence-electron chi connectivity index (χ4n) is 1.95. The van der Waals surface area contributed by atoms with Crippen molar-refractivity contribution >= 4 is 29.3 Å². The van der Waals surface area contributed by atoms with Gasteiger partial charge in [0, 0.05) is 23.1 Å². The molecule has 0 radical (unpaired) electrons. The standard InChI is InChI=1S/C17H18ClNO2S/c1-21-16-8-7-14(18)11-15(16)17(20)19-9-10-22-12-13-5-3-2-4-6-13/h2-8,11H,9-10,12H2,1H3,(H,19,20). The van der Waals surface area contributed by atoms with Crippen molar-refractivity contribution in [1.29, 1.82) is 0 Å². The molecule has 1 N–H and O–H groups in total. The number of hydrogen-bond acceptors (Lipinski definition) is 3. The van der Waals surface area contributed by atoms with E-state index in [0.717, 1.165) is 11.5 Å². The fraction of sp³-hybridized carbons (Fsp3) is 0.235. The molecule has 0 spiro atoms. The molecule has 0 aromatic heterocycles. The maximum atomic E-state index is 12.2. The third-order valence-corrected chi connectivity index (χ3v) is 4.32. The quantitative estimate of drug-likeness (QED) is 0.777. The molecule has 0 saturated heterocycles. The summed E-state index contributed by atoms with van der Waals surface area (Å²) in [5.41, 5.74) is 1.75. The molecule has 116 valence electrons. The number of carbonyl (C=O) groups excluding carboxylic acids is 1. The number of nitrogens with one attached hydrogen (secondary N) is 1. The summed E-state index contributed by atoms with van der Waals surface area (Å²) >= 11 is 7.71. The summed E-state index contributed by atoms with van der Waals surface area (Å²) in [5.74, 6) is 2.15. The smallest absolute Gasteiger partial charge is 0.255 e. The van der Waals surface area contributed by atoms with Crippen LogP contribution in [-0.2, 0) is 5.75 Å². The number of rotatable bonds is 7. The minimum absolute atomic E-state index is 0.167. The van der Waals surface area contributed by atoms with E-state index in [1.165, 1.54) is 12.7 Å². The van der Waals surface area contributed by atoms with Gasteiger partial charge in [-0.25, -0.2) is 0 Å². The highest BCUT2D eigenvalue weighted by atomic mass is 35.5. The van der Waals surface area contributed by atoms with E-state index in [0.29, 0.717) is 22.9 Å². The molecule has 5 heteroatoms. The van der Waals surface area contributed by atoms with Crippen LogP contribution in [0.2, 0.25) is 5.02 Å². The minimum Gasteiger partial charge on any atom is -0.496 e. The number of amides is 1. The number of benzene rings is 2. The van der Waals surface area contributed by atoms with Gasteiger partial charge in [0.2, 0.25) is 0 Å². The number of halogens is 1. The van der Waals surface area contributed by atoms with Gasteiger partial charge in [-0.1, -0.05) is 41.9 Å². The molecular formula is C17H18ClNO2S. The molecule has 22 heavy (non-hydrogen) atoms. The summed E-state index contributed by atoms with van der Waals surface area (Å²) in [6, 6.07) is 15.3. The number of carbonyl (C=O) groups is 1. The molecule has 0 saturated carbocycles. The first-order chi connectivity index (χ1) is 10.7. The van der Waals surface area contributed by atoms with Gasteiger partial charge >= 0.3 is 0 Å². The Bertz CT molecular complexity index is 619. The largest absolute Gasteiger partial charge is 0.496 e. The molecule has 0 aliphatic carbocycles. The van der Waals surface area contributed by atoms with E-state index in [2.05, 4.69) is 17.4 Å². The zero-order valence-corrected chi connectivity index (χ0v) is 13.9. The summed E-state index contributed by atoms with van der Waals surface area (Å²) in [7, 11) is 1.54. The third kappa shape index (κ3) is 4.97. The van der Waals surface area contributed by atoms with Gasteiger partial charge in [-0.3, -0.25) is 4.79 Å². The van der Waals surface area contributed by atoms with Gasteiger partial charge in [0.25, 0.3) is 5.91 Å². The van der Waals surface area contributed by atoms with E-state index in [1.807, 2.05) is 18.2 Å². The Labute approximate surface area is 140 Å². The van der Waals surface area contributed by atoms with Crippen LogP contribution in [0.4, 0.5) is 0 Å². The lowest BCUT2D eigenvalue weighted by molar-refractivity contribution is 0.0953. The Morgan fingerprint density at radius 2 is 2.00 bits per heavy atom. The van der Waals surface area contributed by atoms with Gasteiger partial charge in [-0.2, -0.15) is 11.8 Å². The highest BCUT2D eigenvalue weighted by molar-refractivity contribution is 7.98. The van der Waals surface area contributed by atoms with E-state index in [4.69, 9.17) is 16.3 Å². The average molecular weight is 336 g/mol. The van der Waals surface area contributed by atoms with E-state index in [-0.39, 0.29) is 5.91 Å². The third-order valence-electron chi connectivity index (χ3n) is 3.05. The van der Waals surface area contributed by atoms with Crippen LogP contribution < -0.4 is 10.1 Å². The van der Waals surface area contributed by atoms with Gasteiger partial charge in [0.15, 0.2) is 0 Å². The van der Waals surface area contributed by atoms with Crippen molar-refractivity contribution in [2.45, 2.75) is 5.75 Å². The van der Waals surface area contributed by atoms with E-state index >= 15 is 0 Å².